The number of nitrogens with zero attached hydrogens (tertiary/aromatic N) is 1. The highest BCUT2D eigenvalue weighted by atomic mass is 79.9. The fourth-order valence-electron chi connectivity index (χ4n) is 2.25. The summed E-state index contributed by atoms with van der Waals surface area (Å²) in [5, 5.41) is 3.32. The summed E-state index contributed by atoms with van der Waals surface area (Å²) >= 11 is 8.50. The minimum absolute atomic E-state index is 0.150. The molecule has 2 aromatic rings. The van der Waals surface area contributed by atoms with Crippen LogP contribution in [0, 0.1) is 0 Å². The van der Waals surface area contributed by atoms with Crippen molar-refractivity contribution in [3.8, 4) is 5.75 Å². The van der Waals surface area contributed by atoms with E-state index in [1.54, 1.807) is 13.1 Å². The normalized spacial score (nSPS) is 15.8. The van der Waals surface area contributed by atoms with Gasteiger partial charge in [-0.3, -0.25) is 9.69 Å². The number of hydrogen-bond acceptors (Lipinski definition) is 3. The molecule has 1 saturated heterocycles. The van der Waals surface area contributed by atoms with Gasteiger partial charge in [0.25, 0.3) is 5.91 Å². The molecule has 1 heterocycles. The van der Waals surface area contributed by atoms with Crippen molar-refractivity contribution >= 4 is 45.2 Å². The zero-order chi connectivity index (χ0) is 17.1. The van der Waals surface area contributed by atoms with Crippen molar-refractivity contribution in [2.24, 2.45) is 0 Å². The summed E-state index contributed by atoms with van der Waals surface area (Å²) in [6, 6.07) is 15.5. The molecule has 2 aromatic carbocycles. The molecule has 24 heavy (non-hydrogen) atoms. The summed E-state index contributed by atoms with van der Waals surface area (Å²) in [5.41, 5.74) is 2.34. The SMILES string of the molecule is CN1C(=O)C(=Cc2ccccc2OCc2ccc(Br)cc2)NC1=S. The van der Waals surface area contributed by atoms with E-state index in [0.717, 1.165) is 15.6 Å². The Bertz CT molecular complexity index is 818. The first kappa shape index (κ1) is 16.7. The van der Waals surface area contributed by atoms with E-state index in [2.05, 4.69) is 21.2 Å². The number of rotatable bonds is 4. The van der Waals surface area contributed by atoms with E-state index in [0.29, 0.717) is 23.2 Å². The molecule has 3 rings (SSSR count). The molecule has 1 amide bonds. The fourth-order valence-corrected chi connectivity index (χ4v) is 2.71. The number of ether oxygens (including phenoxy) is 1. The third-order valence-electron chi connectivity index (χ3n) is 3.61. The number of carbonyl (C=O) groups is 1. The molecule has 0 saturated carbocycles. The van der Waals surface area contributed by atoms with Crippen LogP contribution in [0.2, 0.25) is 0 Å². The van der Waals surface area contributed by atoms with Crippen LogP contribution < -0.4 is 10.1 Å². The van der Waals surface area contributed by atoms with Gasteiger partial charge in [-0.1, -0.05) is 46.3 Å². The molecule has 1 N–H and O–H groups in total. The van der Waals surface area contributed by atoms with Crippen LogP contribution in [-0.2, 0) is 11.4 Å². The second-order valence-corrected chi connectivity index (χ2v) is 6.61. The third-order valence-corrected chi connectivity index (χ3v) is 4.51. The highest BCUT2D eigenvalue weighted by molar-refractivity contribution is 9.10. The van der Waals surface area contributed by atoms with Crippen LogP contribution in [0.15, 0.2) is 58.7 Å². The molecule has 0 atom stereocenters. The van der Waals surface area contributed by atoms with Gasteiger partial charge in [-0.2, -0.15) is 0 Å². The van der Waals surface area contributed by atoms with Crippen LogP contribution in [-0.4, -0.2) is 23.0 Å². The molecule has 6 heteroatoms. The van der Waals surface area contributed by atoms with Gasteiger partial charge in [0.2, 0.25) is 0 Å². The molecule has 1 aliphatic heterocycles. The molecule has 122 valence electrons. The summed E-state index contributed by atoms with van der Waals surface area (Å²) in [6.45, 7) is 0.452. The Morgan fingerprint density at radius 2 is 1.92 bits per heavy atom. The minimum atomic E-state index is -0.150. The standard InChI is InChI=1S/C18H15BrN2O2S/c1-21-17(22)15(20-18(21)24)10-13-4-2-3-5-16(13)23-11-12-6-8-14(19)9-7-12/h2-10H,11H2,1H3,(H,20,24). The van der Waals surface area contributed by atoms with Gasteiger partial charge < -0.3 is 10.1 Å². The number of hydrogen-bond donors (Lipinski definition) is 1. The van der Waals surface area contributed by atoms with Crippen molar-refractivity contribution < 1.29 is 9.53 Å². The van der Waals surface area contributed by atoms with Gasteiger partial charge in [0.05, 0.1) is 0 Å². The number of benzene rings is 2. The van der Waals surface area contributed by atoms with Crippen LogP contribution in [0.1, 0.15) is 11.1 Å². The molecule has 0 spiro atoms. The number of carbonyl (C=O) groups excluding carboxylic acids is 1. The van der Waals surface area contributed by atoms with Gasteiger partial charge in [0.15, 0.2) is 5.11 Å². The van der Waals surface area contributed by atoms with Gasteiger partial charge in [0, 0.05) is 17.1 Å². The van der Waals surface area contributed by atoms with E-state index in [4.69, 9.17) is 17.0 Å². The molecule has 0 aromatic heterocycles. The molecule has 0 radical (unpaired) electrons. The third kappa shape index (κ3) is 3.66. The van der Waals surface area contributed by atoms with Gasteiger partial charge in [-0.15, -0.1) is 0 Å². The maximum Gasteiger partial charge on any atom is 0.276 e. The Balaban J connectivity index is 1.79. The average Bonchev–Trinajstić information content (AvgIpc) is 2.82. The van der Waals surface area contributed by atoms with Crippen molar-refractivity contribution in [2.45, 2.75) is 6.61 Å². The largest absolute Gasteiger partial charge is 0.488 e. The van der Waals surface area contributed by atoms with Crippen molar-refractivity contribution in [3.63, 3.8) is 0 Å². The first-order valence-electron chi connectivity index (χ1n) is 7.31. The number of nitrogens with one attached hydrogen (secondary N) is 1. The van der Waals surface area contributed by atoms with Crippen molar-refractivity contribution in [2.75, 3.05) is 7.05 Å². The highest BCUT2D eigenvalue weighted by Crippen LogP contribution is 2.23. The Labute approximate surface area is 154 Å². The lowest BCUT2D eigenvalue weighted by molar-refractivity contribution is -0.121. The van der Waals surface area contributed by atoms with E-state index in [-0.39, 0.29) is 5.91 Å². The number of likely N-dealkylation sites (N-methyl/N-ethyl adjacent to an activating group) is 1. The van der Waals surface area contributed by atoms with Gasteiger partial charge in [0.1, 0.15) is 18.1 Å². The van der Waals surface area contributed by atoms with Gasteiger partial charge >= 0.3 is 0 Å². The van der Waals surface area contributed by atoms with Gasteiger partial charge in [-0.05, 0) is 42.1 Å². The predicted molar refractivity (Wildman–Crippen MR) is 101 cm³/mol. The van der Waals surface area contributed by atoms with Crippen molar-refractivity contribution in [1.29, 1.82) is 0 Å². The van der Waals surface area contributed by atoms with E-state index < -0.39 is 0 Å². The Morgan fingerprint density at radius 3 is 2.58 bits per heavy atom. The summed E-state index contributed by atoms with van der Waals surface area (Å²) < 4.78 is 6.95. The van der Waals surface area contributed by atoms with E-state index in [9.17, 15) is 4.79 Å². The molecule has 1 aliphatic rings. The first-order chi connectivity index (χ1) is 11.5. The molecular formula is C18H15BrN2O2S. The van der Waals surface area contributed by atoms with E-state index in [1.807, 2.05) is 48.5 Å². The number of halogens is 1. The summed E-state index contributed by atoms with van der Waals surface area (Å²) in [7, 11) is 1.65. The van der Waals surface area contributed by atoms with Crippen LogP contribution >= 0.6 is 28.1 Å². The van der Waals surface area contributed by atoms with Crippen LogP contribution in [0.4, 0.5) is 0 Å². The average molecular weight is 403 g/mol. The predicted octanol–water partition coefficient (Wildman–Crippen LogP) is 3.72. The second kappa shape index (κ2) is 7.15. The molecule has 0 bridgehead atoms. The number of thiocarbonyl (C=S) groups is 1. The van der Waals surface area contributed by atoms with Crippen molar-refractivity contribution in [3.05, 3.63) is 69.8 Å². The second-order valence-electron chi connectivity index (χ2n) is 5.31. The lowest BCUT2D eigenvalue weighted by Crippen LogP contribution is -2.25. The first-order valence-corrected chi connectivity index (χ1v) is 8.52. The molecule has 0 unspecified atom stereocenters. The van der Waals surface area contributed by atoms with Crippen molar-refractivity contribution in [1.82, 2.24) is 10.2 Å². The monoisotopic (exact) mass is 402 g/mol. The van der Waals surface area contributed by atoms with Crippen LogP contribution in [0.3, 0.4) is 0 Å². The molecule has 1 fully saturated rings. The molecule has 0 aliphatic carbocycles. The highest BCUT2D eigenvalue weighted by Gasteiger charge is 2.27. The van der Waals surface area contributed by atoms with Crippen LogP contribution in [0.25, 0.3) is 6.08 Å². The zero-order valence-electron chi connectivity index (χ0n) is 13.0. The summed E-state index contributed by atoms with van der Waals surface area (Å²) in [4.78, 5) is 13.5. The Kier molecular flexibility index (Phi) is 4.97. The lowest BCUT2D eigenvalue weighted by atomic mass is 10.1. The topological polar surface area (TPSA) is 41.6 Å². The zero-order valence-corrected chi connectivity index (χ0v) is 15.4. The summed E-state index contributed by atoms with van der Waals surface area (Å²) in [5.74, 6) is 0.561. The maximum atomic E-state index is 12.1. The van der Waals surface area contributed by atoms with Crippen LogP contribution in [0.5, 0.6) is 5.75 Å². The minimum Gasteiger partial charge on any atom is -0.488 e. The lowest BCUT2D eigenvalue weighted by Gasteiger charge is -2.10. The number of amides is 1. The van der Waals surface area contributed by atoms with E-state index >= 15 is 0 Å². The quantitative estimate of drug-likeness (QED) is 0.624. The molecular weight excluding hydrogens is 388 g/mol. The number of para-hydroxylation sites is 1. The smallest absolute Gasteiger partial charge is 0.276 e. The molecule has 4 nitrogen and oxygen atoms in total. The Hall–Kier alpha value is -2.18. The summed E-state index contributed by atoms with van der Waals surface area (Å²) in [6.07, 6.45) is 1.76. The van der Waals surface area contributed by atoms with Gasteiger partial charge in [-0.25, -0.2) is 0 Å². The van der Waals surface area contributed by atoms with E-state index in [1.165, 1.54) is 4.90 Å². The fraction of sp³-hybridized carbons (Fsp3) is 0.111. The Morgan fingerprint density at radius 1 is 1.21 bits per heavy atom. The maximum absolute atomic E-state index is 12.1.